The highest BCUT2D eigenvalue weighted by molar-refractivity contribution is 5.11. The van der Waals surface area contributed by atoms with E-state index in [4.69, 9.17) is 0 Å². The van der Waals surface area contributed by atoms with E-state index >= 15 is 0 Å². The Morgan fingerprint density at radius 2 is 1.75 bits per heavy atom. The maximum absolute atomic E-state index is 3.58. The van der Waals surface area contributed by atoms with E-state index in [9.17, 15) is 0 Å². The first-order valence-corrected chi connectivity index (χ1v) is 7.03. The van der Waals surface area contributed by atoms with Crippen LogP contribution in [0.2, 0.25) is 0 Å². The summed E-state index contributed by atoms with van der Waals surface area (Å²) in [6.07, 6.45) is 9.63. The van der Waals surface area contributed by atoms with Crippen molar-refractivity contribution in [2.24, 2.45) is 11.8 Å². The first-order chi connectivity index (χ1) is 7.59. The van der Waals surface area contributed by atoms with E-state index in [-0.39, 0.29) is 0 Å². The Bertz CT molecular complexity index is 209. The molecule has 0 aromatic carbocycles. The van der Waals surface area contributed by atoms with Crippen molar-refractivity contribution < 1.29 is 0 Å². The fourth-order valence-corrected chi connectivity index (χ4v) is 2.56. The van der Waals surface area contributed by atoms with Gasteiger partial charge in [-0.25, -0.2) is 0 Å². The van der Waals surface area contributed by atoms with Crippen molar-refractivity contribution in [1.29, 1.82) is 0 Å². The fourth-order valence-electron chi connectivity index (χ4n) is 2.56. The molecule has 0 atom stereocenters. The number of hydrogen-bond donors (Lipinski definition) is 1. The van der Waals surface area contributed by atoms with Crippen molar-refractivity contribution in [1.82, 2.24) is 5.32 Å². The van der Waals surface area contributed by atoms with Crippen molar-refractivity contribution in [2.45, 2.75) is 65.8 Å². The molecule has 1 nitrogen and oxygen atoms in total. The van der Waals surface area contributed by atoms with Gasteiger partial charge >= 0.3 is 0 Å². The van der Waals surface area contributed by atoms with Gasteiger partial charge in [0.05, 0.1) is 0 Å². The van der Waals surface area contributed by atoms with Gasteiger partial charge in [0.15, 0.2) is 0 Å². The summed E-state index contributed by atoms with van der Waals surface area (Å²) in [5.74, 6) is 1.55. The summed E-state index contributed by atoms with van der Waals surface area (Å²) < 4.78 is 0. The molecule has 1 saturated carbocycles. The summed E-state index contributed by atoms with van der Waals surface area (Å²) in [5, 5.41) is 3.58. The highest BCUT2D eigenvalue weighted by Gasteiger charge is 2.17. The molecule has 0 radical (unpaired) electrons. The maximum atomic E-state index is 3.58. The van der Waals surface area contributed by atoms with Gasteiger partial charge in [0.1, 0.15) is 0 Å². The minimum atomic E-state index is 0.596. The molecule has 1 fully saturated rings. The van der Waals surface area contributed by atoms with E-state index in [1.54, 1.807) is 5.57 Å². The van der Waals surface area contributed by atoms with E-state index in [1.165, 1.54) is 32.1 Å². The molecule has 0 aromatic rings. The maximum Gasteiger partial charge on any atom is 0.0169 e. The molecule has 0 spiro atoms. The molecule has 0 unspecified atom stereocenters. The zero-order valence-corrected chi connectivity index (χ0v) is 11.6. The first-order valence-electron chi connectivity index (χ1n) is 7.03. The first kappa shape index (κ1) is 13.8. The molecule has 1 N–H and O–H groups in total. The summed E-state index contributed by atoms with van der Waals surface area (Å²) in [6.45, 7) is 10.1. The van der Waals surface area contributed by atoms with Crippen LogP contribution in [0.4, 0.5) is 0 Å². The molecule has 1 rings (SSSR count). The van der Waals surface area contributed by atoms with Gasteiger partial charge in [-0.15, -0.1) is 0 Å². The molecule has 0 heterocycles. The second-order valence-corrected chi connectivity index (χ2v) is 5.86. The van der Waals surface area contributed by atoms with Crippen molar-refractivity contribution in [3.8, 4) is 0 Å². The standard InChI is InChI=1S/C15H29N/c1-12(2)10-15(11-16-13(3)4)14-8-6-5-7-9-14/h10,12-14,16H,5-9,11H2,1-4H3. The van der Waals surface area contributed by atoms with E-state index in [2.05, 4.69) is 39.1 Å². The van der Waals surface area contributed by atoms with Crippen LogP contribution in [0.3, 0.4) is 0 Å². The third-order valence-corrected chi connectivity index (χ3v) is 3.39. The highest BCUT2D eigenvalue weighted by atomic mass is 14.9. The molecule has 1 aliphatic rings. The average Bonchev–Trinajstić information content (AvgIpc) is 2.25. The molecular weight excluding hydrogens is 194 g/mol. The summed E-state index contributed by atoms with van der Waals surface area (Å²) in [7, 11) is 0. The molecule has 0 amide bonds. The molecule has 0 saturated heterocycles. The van der Waals surface area contributed by atoms with Gasteiger partial charge in [0, 0.05) is 12.6 Å². The van der Waals surface area contributed by atoms with Crippen LogP contribution in [0.25, 0.3) is 0 Å². The highest BCUT2D eigenvalue weighted by Crippen LogP contribution is 2.30. The SMILES string of the molecule is CC(C)C=C(CNC(C)C)C1CCCCC1. The minimum Gasteiger partial charge on any atom is -0.311 e. The van der Waals surface area contributed by atoms with Crippen LogP contribution >= 0.6 is 0 Å². The van der Waals surface area contributed by atoms with Gasteiger partial charge in [-0.1, -0.05) is 58.6 Å². The molecule has 0 bridgehead atoms. The van der Waals surface area contributed by atoms with Gasteiger partial charge in [-0.05, 0) is 24.7 Å². The van der Waals surface area contributed by atoms with Crippen LogP contribution in [-0.4, -0.2) is 12.6 Å². The molecule has 1 heteroatoms. The topological polar surface area (TPSA) is 12.0 Å². The van der Waals surface area contributed by atoms with Crippen LogP contribution in [0, 0.1) is 11.8 Å². The fraction of sp³-hybridized carbons (Fsp3) is 0.867. The zero-order valence-electron chi connectivity index (χ0n) is 11.6. The Morgan fingerprint density at radius 3 is 2.25 bits per heavy atom. The van der Waals surface area contributed by atoms with Crippen molar-refractivity contribution in [3.63, 3.8) is 0 Å². The summed E-state index contributed by atoms with van der Waals surface area (Å²) >= 11 is 0. The van der Waals surface area contributed by atoms with Gasteiger partial charge in [-0.2, -0.15) is 0 Å². The largest absolute Gasteiger partial charge is 0.311 e. The van der Waals surface area contributed by atoms with Crippen LogP contribution in [-0.2, 0) is 0 Å². The molecule has 1 aliphatic carbocycles. The predicted octanol–water partition coefficient (Wildman–Crippen LogP) is 4.15. The van der Waals surface area contributed by atoms with Crippen molar-refractivity contribution in [2.75, 3.05) is 6.54 Å². The monoisotopic (exact) mass is 223 g/mol. The second kappa shape index (κ2) is 7.11. The predicted molar refractivity (Wildman–Crippen MR) is 72.6 cm³/mol. The van der Waals surface area contributed by atoms with Gasteiger partial charge in [0.2, 0.25) is 0 Å². The molecule has 0 aliphatic heterocycles. The Hall–Kier alpha value is -0.300. The van der Waals surface area contributed by atoms with Crippen molar-refractivity contribution in [3.05, 3.63) is 11.6 Å². The lowest BCUT2D eigenvalue weighted by atomic mass is 9.82. The zero-order chi connectivity index (χ0) is 12.0. The van der Waals surface area contributed by atoms with Gasteiger partial charge < -0.3 is 5.32 Å². The van der Waals surface area contributed by atoms with Crippen LogP contribution < -0.4 is 5.32 Å². The minimum absolute atomic E-state index is 0.596. The third kappa shape index (κ3) is 5.16. The Balaban J connectivity index is 2.55. The van der Waals surface area contributed by atoms with E-state index in [0.717, 1.165) is 12.5 Å². The Labute approximate surface area is 102 Å². The lowest BCUT2D eigenvalue weighted by molar-refractivity contribution is 0.390. The van der Waals surface area contributed by atoms with Gasteiger partial charge in [0.25, 0.3) is 0 Å². The summed E-state index contributed by atoms with van der Waals surface area (Å²) in [5.41, 5.74) is 1.67. The number of hydrogen-bond acceptors (Lipinski definition) is 1. The van der Waals surface area contributed by atoms with E-state index in [0.29, 0.717) is 12.0 Å². The third-order valence-electron chi connectivity index (χ3n) is 3.39. The Morgan fingerprint density at radius 1 is 1.12 bits per heavy atom. The smallest absolute Gasteiger partial charge is 0.0169 e. The Kier molecular flexibility index (Phi) is 6.12. The lowest BCUT2D eigenvalue weighted by Crippen LogP contribution is -2.28. The van der Waals surface area contributed by atoms with E-state index in [1.807, 2.05) is 0 Å². The number of rotatable bonds is 5. The second-order valence-electron chi connectivity index (χ2n) is 5.86. The lowest BCUT2D eigenvalue weighted by Gasteiger charge is -2.26. The van der Waals surface area contributed by atoms with Crippen LogP contribution in [0.15, 0.2) is 11.6 Å². The van der Waals surface area contributed by atoms with Crippen LogP contribution in [0.5, 0.6) is 0 Å². The molecule has 16 heavy (non-hydrogen) atoms. The quantitative estimate of drug-likeness (QED) is 0.691. The molecule has 94 valence electrons. The van der Waals surface area contributed by atoms with Gasteiger partial charge in [-0.3, -0.25) is 0 Å². The molecule has 0 aromatic heterocycles. The average molecular weight is 223 g/mol. The molecular formula is C15H29N. The van der Waals surface area contributed by atoms with Crippen LogP contribution in [0.1, 0.15) is 59.8 Å². The van der Waals surface area contributed by atoms with E-state index < -0.39 is 0 Å². The number of nitrogens with one attached hydrogen (secondary N) is 1. The summed E-state index contributed by atoms with van der Waals surface area (Å²) in [6, 6.07) is 0.596. The number of allylic oxidation sites excluding steroid dienone is 1. The summed E-state index contributed by atoms with van der Waals surface area (Å²) in [4.78, 5) is 0. The van der Waals surface area contributed by atoms with Crippen molar-refractivity contribution >= 4 is 0 Å². The normalized spacial score (nSPS) is 19.8.